The molecule has 0 bridgehead atoms. The van der Waals surface area contributed by atoms with Crippen LogP contribution < -0.4 is 5.32 Å². The van der Waals surface area contributed by atoms with Gasteiger partial charge in [-0.1, -0.05) is 11.6 Å². The van der Waals surface area contributed by atoms with Crippen molar-refractivity contribution in [2.45, 2.75) is 31.3 Å². The fraction of sp³-hybridized carbons (Fsp3) is 0.417. The second-order valence-electron chi connectivity index (χ2n) is 4.60. The molecule has 2 aliphatic rings. The van der Waals surface area contributed by atoms with Gasteiger partial charge in [0.2, 0.25) is 5.91 Å². The fourth-order valence-electron chi connectivity index (χ4n) is 2.12. The Hall–Kier alpha value is -1.62. The molecular formula is C12H12ClN3O2. The average Bonchev–Trinajstić information content (AvgIpc) is 3.12. The Balaban J connectivity index is 1.72. The van der Waals surface area contributed by atoms with E-state index in [-0.39, 0.29) is 24.3 Å². The van der Waals surface area contributed by atoms with Gasteiger partial charge >= 0.3 is 0 Å². The van der Waals surface area contributed by atoms with Gasteiger partial charge in [-0.3, -0.25) is 14.5 Å². The summed E-state index contributed by atoms with van der Waals surface area (Å²) in [6.45, 7) is 0. The third-order valence-electron chi connectivity index (χ3n) is 3.14. The molecule has 5 nitrogen and oxygen atoms in total. The van der Waals surface area contributed by atoms with E-state index in [2.05, 4.69) is 10.3 Å². The number of likely N-dealkylation sites (tertiary alicyclic amines) is 1. The predicted molar refractivity (Wildman–Crippen MR) is 66.1 cm³/mol. The second kappa shape index (κ2) is 4.24. The van der Waals surface area contributed by atoms with E-state index in [0.717, 1.165) is 12.8 Å². The molecular weight excluding hydrogens is 254 g/mol. The van der Waals surface area contributed by atoms with Gasteiger partial charge in [-0.05, 0) is 25.0 Å². The summed E-state index contributed by atoms with van der Waals surface area (Å²) in [5.41, 5.74) is 0. The van der Waals surface area contributed by atoms with Crippen LogP contribution in [0.4, 0.5) is 5.82 Å². The van der Waals surface area contributed by atoms with Crippen LogP contribution in [0, 0.1) is 0 Å². The summed E-state index contributed by atoms with van der Waals surface area (Å²) in [5, 5.41) is 3.52. The Kier molecular flexibility index (Phi) is 2.70. The van der Waals surface area contributed by atoms with Crippen molar-refractivity contribution in [1.29, 1.82) is 0 Å². The summed E-state index contributed by atoms with van der Waals surface area (Å²) in [4.78, 5) is 29.3. The Morgan fingerprint density at radius 3 is 2.72 bits per heavy atom. The first-order valence-corrected chi connectivity index (χ1v) is 6.27. The van der Waals surface area contributed by atoms with E-state index < -0.39 is 6.04 Å². The highest BCUT2D eigenvalue weighted by molar-refractivity contribution is 6.30. The molecule has 1 unspecified atom stereocenters. The molecule has 0 radical (unpaired) electrons. The van der Waals surface area contributed by atoms with E-state index in [1.807, 2.05) is 0 Å². The van der Waals surface area contributed by atoms with Crippen LogP contribution in [-0.4, -0.2) is 33.8 Å². The summed E-state index contributed by atoms with van der Waals surface area (Å²) >= 11 is 5.73. The minimum absolute atomic E-state index is 0.0889. The van der Waals surface area contributed by atoms with E-state index in [4.69, 9.17) is 11.6 Å². The highest BCUT2D eigenvalue weighted by atomic mass is 35.5. The Labute approximate surface area is 109 Å². The topological polar surface area (TPSA) is 62.3 Å². The number of nitrogens with one attached hydrogen (secondary N) is 1. The predicted octanol–water partition coefficient (Wildman–Crippen LogP) is 1.44. The average molecular weight is 266 g/mol. The third kappa shape index (κ3) is 2.06. The Morgan fingerprint density at radius 1 is 1.33 bits per heavy atom. The quantitative estimate of drug-likeness (QED) is 0.840. The number of imide groups is 1. The number of carbonyl (C=O) groups excluding carboxylic acids is 2. The van der Waals surface area contributed by atoms with Gasteiger partial charge in [0.05, 0.1) is 11.4 Å². The Morgan fingerprint density at radius 2 is 2.11 bits per heavy atom. The molecule has 1 atom stereocenters. The summed E-state index contributed by atoms with van der Waals surface area (Å²) in [6.07, 6.45) is 3.58. The van der Waals surface area contributed by atoms with Gasteiger partial charge in [0.15, 0.2) is 0 Å². The molecule has 0 aromatic carbocycles. The van der Waals surface area contributed by atoms with Crippen molar-refractivity contribution in [3.05, 3.63) is 23.4 Å². The number of amides is 2. The number of carbonyl (C=O) groups is 2. The molecule has 3 rings (SSSR count). The SMILES string of the molecule is O=C1CC(Nc2ccc(Cl)cn2)C(=O)N1C1CC1. The lowest BCUT2D eigenvalue weighted by Crippen LogP contribution is -2.36. The van der Waals surface area contributed by atoms with Gasteiger partial charge in [-0.15, -0.1) is 0 Å². The molecule has 2 heterocycles. The van der Waals surface area contributed by atoms with E-state index in [0.29, 0.717) is 10.8 Å². The van der Waals surface area contributed by atoms with E-state index in [1.165, 1.54) is 11.1 Å². The summed E-state index contributed by atoms with van der Waals surface area (Å²) in [6, 6.07) is 3.03. The molecule has 2 fully saturated rings. The van der Waals surface area contributed by atoms with Gasteiger partial charge in [0.1, 0.15) is 11.9 Å². The monoisotopic (exact) mass is 265 g/mol. The van der Waals surface area contributed by atoms with E-state index >= 15 is 0 Å². The van der Waals surface area contributed by atoms with Gasteiger partial charge < -0.3 is 5.32 Å². The molecule has 1 aliphatic heterocycles. The molecule has 1 N–H and O–H groups in total. The van der Waals surface area contributed by atoms with E-state index in [9.17, 15) is 9.59 Å². The zero-order valence-electron chi connectivity index (χ0n) is 9.60. The summed E-state index contributed by atoms with van der Waals surface area (Å²) in [5.74, 6) is 0.330. The number of aromatic nitrogens is 1. The van der Waals surface area contributed by atoms with E-state index in [1.54, 1.807) is 12.1 Å². The minimum atomic E-state index is -0.494. The smallest absolute Gasteiger partial charge is 0.252 e. The third-order valence-corrected chi connectivity index (χ3v) is 3.37. The molecule has 2 amide bonds. The zero-order chi connectivity index (χ0) is 12.7. The number of rotatable bonds is 3. The second-order valence-corrected chi connectivity index (χ2v) is 5.03. The van der Waals surface area contributed by atoms with Gasteiger partial charge in [0.25, 0.3) is 5.91 Å². The lowest BCUT2D eigenvalue weighted by Gasteiger charge is -2.14. The maximum Gasteiger partial charge on any atom is 0.252 e. The molecule has 0 spiro atoms. The number of halogens is 1. The fourth-order valence-corrected chi connectivity index (χ4v) is 2.23. The van der Waals surface area contributed by atoms with Crippen molar-refractivity contribution in [2.24, 2.45) is 0 Å². The molecule has 94 valence electrons. The van der Waals surface area contributed by atoms with Crippen LogP contribution in [-0.2, 0) is 9.59 Å². The van der Waals surface area contributed by atoms with Gasteiger partial charge in [-0.2, -0.15) is 0 Å². The van der Waals surface area contributed by atoms with Crippen molar-refractivity contribution in [3.63, 3.8) is 0 Å². The molecule has 1 saturated carbocycles. The van der Waals surface area contributed by atoms with Crippen molar-refractivity contribution < 1.29 is 9.59 Å². The number of hydrogen-bond donors (Lipinski definition) is 1. The van der Waals surface area contributed by atoms with Gasteiger partial charge in [0, 0.05) is 12.2 Å². The van der Waals surface area contributed by atoms with Crippen LogP contribution >= 0.6 is 11.6 Å². The van der Waals surface area contributed by atoms with Crippen LogP contribution in [0.15, 0.2) is 18.3 Å². The number of nitrogens with zero attached hydrogens (tertiary/aromatic N) is 2. The molecule has 6 heteroatoms. The Bertz CT molecular complexity index is 499. The lowest BCUT2D eigenvalue weighted by atomic mass is 10.2. The van der Waals surface area contributed by atoms with Crippen LogP contribution in [0.1, 0.15) is 19.3 Å². The maximum atomic E-state index is 12.1. The zero-order valence-corrected chi connectivity index (χ0v) is 10.4. The number of hydrogen-bond acceptors (Lipinski definition) is 4. The van der Waals surface area contributed by atoms with Crippen molar-refractivity contribution in [1.82, 2.24) is 9.88 Å². The first-order valence-electron chi connectivity index (χ1n) is 5.89. The highest BCUT2D eigenvalue weighted by Crippen LogP contribution is 2.32. The maximum absolute atomic E-state index is 12.1. The van der Waals surface area contributed by atoms with Crippen LogP contribution in [0.2, 0.25) is 5.02 Å². The molecule has 1 aliphatic carbocycles. The number of pyridine rings is 1. The number of anilines is 1. The van der Waals surface area contributed by atoms with Crippen molar-refractivity contribution in [3.8, 4) is 0 Å². The molecule has 1 aromatic heterocycles. The van der Waals surface area contributed by atoms with Crippen molar-refractivity contribution >= 4 is 29.2 Å². The van der Waals surface area contributed by atoms with Crippen LogP contribution in [0.5, 0.6) is 0 Å². The molecule has 1 saturated heterocycles. The van der Waals surface area contributed by atoms with Gasteiger partial charge in [-0.25, -0.2) is 4.98 Å². The first kappa shape index (κ1) is 11.5. The first-order chi connectivity index (χ1) is 8.65. The van der Waals surface area contributed by atoms with Crippen LogP contribution in [0.25, 0.3) is 0 Å². The highest BCUT2D eigenvalue weighted by Gasteiger charge is 2.46. The molecule has 1 aromatic rings. The molecule has 18 heavy (non-hydrogen) atoms. The summed E-state index contributed by atoms with van der Waals surface area (Å²) in [7, 11) is 0. The largest absolute Gasteiger partial charge is 0.358 e. The minimum Gasteiger partial charge on any atom is -0.358 e. The van der Waals surface area contributed by atoms with Crippen molar-refractivity contribution in [2.75, 3.05) is 5.32 Å². The normalized spacial score (nSPS) is 23.6. The summed E-state index contributed by atoms with van der Waals surface area (Å²) < 4.78 is 0. The van der Waals surface area contributed by atoms with Crippen LogP contribution in [0.3, 0.4) is 0 Å². The lowest BCUT2D eigenvalue weighted by molar-refractivity contribution is -0.139. The standard InChI is InChI=1S/C12H12ClN3O2/c13-7-1-4-10(14-6-7)15-9-5-11(17)16(12(9)18)8-2-3-8/h1,4,6,8-9H,2-3,5H2,(H,14,15).